The van der Waals surface area contributed by atoms with Gasteiger partial charge in [0.25, 0.3) is 0 Å². The van der Waals surface area contributed by atoms with Crippen LogP contribution in [0.25, 0.3) is 0 Å². The third-order valence-electron chi connectivity index (χ3n) is 5.34. The van der Waals surface area contributed by atoms with Gasteiger partial charge in [-0.1, -0.05) is 30.3 Å². The molecule has 1 aromatic carbocycles. The number of rotatable bonds is 6. The van der Waals surface area contributed by atoms with Crippen molar-refractivity contribution in [1.82, 2.24) is 4.98 Å². The number of aliphatic carboxylic acids is 1. The van der Waals surface area contributed by atoms with Crippen LogP contribution in [0.4, 0.5) is 5.82 Å². The number of nitriles is 1. The van der Waals surface area contributed by atoms with Gasteiger partial charge in [-0.3, -0.25) is 4.79 Å². The van der Waals surface area contributed by atoms with E-state index in [1.54, 1.807) is 18.3 Å². The monoisotopic (exact) mass is 349 g/mol. The van der Waals surface area contributed by atoms with Crippen LogP contribution in [0.15, 0.2) is 48.7 Å². The minimum absolute atomic E-state index is 0.541. The molecule has 2 aromatic rings. The van der Waals surface area contributed by atoms with Crippen LogP contribution in [-0.4, -0.2) is 29.1 Å². The predicted octanol–water partition coefficient (Wildman–Crippen LogP) is 3.65. The zero-order valence-corrected chi connectivity index (χ0v) is 14.8. The maximum absolute atomic E-state index is 12.0. The molecule has 2 heterocycles. The van der Waals surface area contributed by atoms with E-state index < -0.39 is 11.4 Å². The number of anilines is 1. The summed E-state index contributed by atoms with van der Waals surface area (Å²) in [6, 6.07) is 15.9. The molecule has 0 spiro atoms. The Bertz CT molecular complexity index is 790. The first-order chi connectivity index (χ1) is 12.6. The highest BCUT2D eigenvalue weighted by molar-refractivity contribution is 5.75. The Morgan fingerprint density at radius 1 is 1.19 bits per heavy atom. The SMILES string of the molecule is N#Cc1cccnc1N1CCC(CCCc2ccccc2)(C(=O)O)CC1. The van der Waals surface area contributed by atoms with Crippen LogP contribution in [0.2, 0.25) is 0 Å². The number of aromatic nitrogens is 1. The Balaban J connectivity index is 1.63. The van der Waals surface area contributed by atoms with Crippen LogP contribution < -0.4 is 4.90 Å². The molecule has 1 aliphatic rings. The molecule has 0 unspecified atom stereocenters. The molecule has 0 aliphatic carbocycles. The van der Waals surface area contributed by atoms with E-state index in [4.69, 9.17) is 0 Å². The zero-order valence-electron chi connectivity index (χ0n) is 14.8. The van der Waals surface area contributed by atoms with E-state index >= 15 is 0 Å². The maximum Gasteiger partial charge on any atom is 0.309 e. The molecule has 1 fully saturated rings. The number of pyridine rings is 1. The van der Waals surface area contributed by atoms with Gasteiger partial charge in [-0.15, -0.1) is 0 Å². The number of piperidine rings is 1. The summed E-state index contributed by atoms with van der Waals surface area (Å²) in [5.41, 5.74) is 1.12. The fraction of sp³-hybridized carbons (Fsp3) is 0.381. The molecular weight excluding hydrogens is 326 g/mol. The van der Waals surface area contributed by atoms with Crippen molar-refractivity contribution in [3.05, 3.63) is 59.8 Å². The Labute approximate surface area is 153 Å². The van der Waals surface area contributed by atoms with Crippen molar-refractivity contribution in [3.8, 4) is 6.07 Å². The minimum Gasteiger partial charge on any atom is -0.481 e. The van der Waals surface area contributed by atoms with Crippen molar-refractivity contribution in [1.29, 1.82) is 5.26 Å². The Hall–Kier alpha value is -2.87. The van der Waals surface area contributed by atoms with Crippen molar-refractivity contribution in [2.24, 2.45) is 5.41 Å². The van der Waals surface area contributed by atoms with Crippen molar-refractivity contribution in [2.45, 2.75) is 32.1 Å². The number of carboxylic acid groups (broad SMARTS) is 1. The topological polar surface area (TPSA) is 77.2 Å². The van der Waals surface area contributed by atoms with Crippen molar-refractivity contribution < 1.29 is 9.90 Å². The second kappa shape index (κ2) is 8.01. The molecule has 1 N–H and O–H groups in total. The Morgan fingerprint density at radius 2 is 1.92 bits per heavy atom. The summed E-state index contributed by atoms with van der Waals surface area (Å²) in [7, 11) is 0. The Kier molecular flexibility index (Phi) is 5.52. The molecule has 0 saturated carbocycles. The van der Waals surface area contributed by atoms with Crippen molar-refractivity contribution in [3.63, 3.8) is 0 Å². The predicted molar refractivity (Wildman–Crippen MR) is 99.8 cm³/mol. The van der Waals surface area contributed by atoms with Crippen molar-refractivity contribution in [2.75, 3.05) is 18.0 Å². The van der Waals surface area contributed by atoms with Crippen molar-refractivity contribution >= 4 is 11.8 Å². The number of carboxylic acids is 1. The summed E-state index contributed by atoms with van der Waals surface area (Å²) < 4.78 is 0. The fourth-order valence-electron chi connectivity index (χ4n) is 3.73. The van der Waals surface area contributed by atoms with E-state index in [0.717, 1.165) is 12.8 Å². The lowest BCUT2D eigenvalue weighted by molar-refractivity contribution is -0.151. The van der Waals surface area contributed by atoms with E-state index in [1.807, 2.05) is 23.1 Å². The molecule has 3 rings (SSSR count). The number of benzene rings is 1. The smallest absolute Gasteiger partial charge is 0.309 e. The highest BCUT2D eigenvalue weighted by atomic mass is 16.4. The molecule has 0 amide bonds. The van der Waals surface area contributed by atoms with Gasteiger partial charge in [-0.05, 0) is 49.8 Å². The van der Waals surface area contributed by atoms with E-state index in [0.29, 0.717) is 43.7 Å². The van der Waals surface area contributed by atoms with Gasteiger partial charge in [0.2, 0.25) is 0 Å². The third-order valence-corrected chi connectivity index (χ3v) is 5.34. The molecule has 0 radical (unpaired) electrons. The van der Waals surface area contributed by atoms with Gasteiger partial charge in [-0.25, -0.2) is 4.98 Å². The fourth-order valence-corrected chi connectivity index (χ4v) is 3.73. The van der Waals surface area contributed by atoms with E-state index in [1.165, 1.54) is 5.56 Å². The molecule has 1 aromatic heterocycles. The van der Waals surface area contributed by atoms with E-state index in [9.17, 15) is 15.2 Å². The lowest BCUT2D eigenvalue weighted by Gasteiger charge is -2.39. The quantitative estimate of drug-likeness (QED) is 0.861. The number of nitrogens with zero attached hydrogens (tertiary/aromatic N) is 3. The molecule has 0 atom stereocenters. The number of hydrogen-bond acceptors (Lipinski definition) is 4. The van der Waals surface area contributed by atoms with Crippen LogP contribution >= 0.6 is 0 Å². The van der Waals surface area contributed by atoms with Gasteiger partial charge >= 0.3 is 5.97 Å². The highest BCUT2D eigenvalue weighted by Gasteiger charge is 2.41. The maximum atomic E-state index is 12.0. The summed E-state index contributed by atoms with van der Waals surface area (Å²) in [6.45, 7) is 1.23. The molecule has 26 heavy (non-hydrogen) atoms. The van der Waals surface area contributed by atoms with Gasteiger partial charge in [0.05, 0.1) is 11.0 Å². The number of hydrogen-bond donors (Lipinski definition) is 1. The zero-order chi connectivity index (χ0) is 18.4. The average Bonchev–Trinajstić information content (AvgIpc) is 2.69. The van der Waals surface area contributed by atoms with Gasteiger partial charge < -0.3 is 10.0 Å². The van der Waals surface area contributed by atoms with Crippen LogP contribution in [0.1, 0.15) is 36.8 Å². The summed E-state index contributed by atoms with van der Waals surface area (Å²) >= 11 is 0. The van der Waals surface area contributed by atoms with Gasteiger partial charge in [0, 0.05) is 19.3 Å². The van der Waals surface area contributed by atoms with Crippen LogP contribution in [0.5, 0.6) is 0 Å². The normalized spacial score (nSPS) is 16.0. The summed E-state index contributed by atoms with van der Waals surface area (Å²) in [4.78, 5) is 18.4. The largest absolute Gasteiger partial charge is 0.481 e. The van der Waals surface area contributed by atoms with Crippen LogP contribution in [0, 0.1) is 16.7 Å². The molecule has 1 aliphatic heterocycles. The van der Waals surface area contributed by atoms with Gasteiger partial charge in [0.1, 0.15) is 11.9 Å². The number of carbonyl (C=O) groups is 1. The lowest BCUT2D eigenvalue weighted by Crippen LogP contribution is -2.45. The molecule has 0 bridgehead atoms. The average molecular weight is 349 g/mol. The highest BCUT2D eigenvalue weighted by Crippen LogP contribution is 2.38. The van der Waals surface area contributed by atoms with E-state index in [-0.39, 0.29) is 0 Å². The van der Waals surface area contributed by atoms with Gasteiger partial charge in [-0.2, -0.15) is 5.26 Å². The van der Waals surface area contributed by atoms with Crippen LogP contribution in [0.3, 0.4) is 0 Å². The molecule has 5 nitrogen and oxygen atoms in total. The standard InChI is InChI=1S/C21H23N3O2/c22-16-18-9-5-13-23-19(18)24-14-11-21(12-15-24,20(25)26)10-4-8-17-6-2-1-3-7-17/h1-3,5-7,9,13H,4,8,10-12,14-15H2,(H,25,26). The summed E-state index contributed by atoms with van der Waals surface area (Å²) in [5.74, 6) is -0.0370. The van der Waals surface area contributed by atoms with Crippen LogP contribution in [-0.2, 0) is 11.2 Å². The Morgan fingerprint density at radius 3 is 2.58 bits per heavy atom. The number of aryl methyl sites for hydroxylation is 1. The molecule has 1 saturated heterocycles. The second-order valence-corrected chi connectivity index (χ2v) is 6.90. The van der Waals surface area contributed by atoms with E-state index in [2.05, 4.69) is 23.2 Å². The molecular formula is C21H23N3O2. The summed E-state index contributed by atoms with van der Waals surface area (Å²) in [5, 5.41) is 19.1. The first kappa shape index (κ1) is 17.9. The summed E-state index contributed by atoms with van der Waals surface area (Å²) in [6.07, 6.45) is 5.28. The van der Waals surface area contributed by atoms with Gasteiger partial charge in [0.15, 0.2) is 0 Å². The second-order valence-electron chi connectivity index (χ2n) is 6.90. The molecule has 134 valence electrons. The molecule has 5 heteroatoms. The lowest BCUT2D eigenvalue weighted by atomic mass is 9.74. The third kappa shape index (κ3) is 3.85. The minimum atomic E-state index is -0.702. The first-order valence-electron chi connectivity index (χ1n) is 9.02. The first-order valence-corrected chi connectivity index (χ1v) is 9.02.